The van der Waals surface area contributed by atoms with Crippen molar-refractivity contribution in [1.82, 2.24) is 0 Å². The van der Waals surface area contributed by atoms with Crippen LogP contribution in [0.25, 0.3) is 0 Å². The number of hydrogen-bond acceptors (Lipinski definition) is 2. The van der Waals surface area contributed by atoms with E-state index in [0.29, 0.717) is 0 Å². The summed E-state index contributed by atoms with van der Waals surface area (Å²) >= 11 is 0. The number of phenolic OH excluding ortho intramolecular Hbond substituents is 1. The molecule has 1 aromatic carbocycles. The highest BCUT2D eigenvalue weighted by Gasteiger charge is 2.00. The van der Waals surface area contributed by atoms with E-state index in [-0.39, 0.29) is 5.75 Å². The largest absolute Gasteiger partial charge is 0.508 e. The molecular weight excluding hydrogens is 212 g/mol. The third-order valence-electron chi connectivity index (χ3n) is 2.98. The summed E-state index contributed by atoms with van der Waals surface area (Å²) in [4.78, 5) is 0. The van der Waals surface area contributed by atoms with Gasteiger partial charge in [0.25, 0.3) is 0 Å². The van der Waals surface area contributed by atoms with Crippen molar-refractivity contribution >= 4 is 0 Å². The Labute approximate surface area is 105 Å². The first-order valence-corrected chi connectivity index (χ1v) is 6.64. The number of hydrogen-bond donors (Lipinski definition) is 1. The molecule has 2 nitrogen and oxygen atoms in total. The second kappa shape index (κ2) is 7.99. The topological polar surface area (TPSA) is 29.5 Å². The van der Waals surface area contributed by atoms with E-state index in [1.54, 1.807) is 24.3 Å². The maximum absolute atomic E-state index is 9.12. The fourth-order valence-corrected chi connectivity index (χ4v) is 1.96. The molecule has 0 aliphatic rings. The van der Waals surface area contributed by atoms with Crippen LogP contribution in [0.2, 0.25) is 0 Å². The summed E-state index contributed by atoms with van der Waals surface area (Å²) in [6.45, 7) is 5.33. The van der Waals surface area contributed by atoms with Gasteiger partial charge >= 0.3 is 0 Å². The van der Waals surface area contributed by atoms with Crippen molar-refractivity contribution in [2.75, 3.05) is 6.61 Å². The monoisotopic (exact) mass is 236 g/mol. The molecule has 0 unspecified atom stereocenters. The van der Waals surface area contributed by atoms with Crippen LogP contribution in [0.4, 0.5) is 0 Å². The molecule has 17 heavy (non-hydrogen) atoms. The van der Waals surface area contributed by atoms with Gasteiger partial charge in [-0.15, -0.1) is 0 Å². The molecular formula is C15H24O2. The molecule has 1 rings (SSSR count). The number of unbranched alkanes of at least 4 members (excludes halogenated alkanes) is 1. The van der Waals surface area contributed by atoms with E-state index in [9.17, 15) is 0 Å². The highest BCUT2D eigenvalue weighted by atomic mass is 16.5. The summed E-state index contributed by atoms with van der Waals surface area (Å²) in [5, 5.41) is 9.12. The normalized spacial score (nSPS) is 12.4. The highest BCUT2D eigenvalue weighted by Crippen LogP contribution is 2.17. The number of ether oxygens (including phenoxy) is 1. The van der Waals surface area contributed by atoms with E-state index >= 15 is 0 Å². The van der Waals surface area contributed by atoms with E-state index in [2.05, 4.69) is 13.8 Å². The fraction of sp³-hybridized carbons (Fsp3) is 0.600. The molecule has 0 radical (unpaired) electrons. The zero-order chi connectivity index (χ0) is 12.5. The summed E-state index contributed by atoms with van der Waals surface area (Å²) in [6.07, 6.45) is 6.25. The third kappa shape index (κ3) is 6.20. The lowest BCUT2D eigenvalue weighted by atomic mass is 9.99. The Hall–Kier alpha value is -1.18. The summed E-state index contributed by atoms with van der Waals surface area (Å²) in [5.41, 5.74) is 0. The third-order valence-corrected chi connectivity index (χ3v) is 2.98. The molecule has 0 amide bonds. The van der Waals surface area contributed by atoms with Gasteiger partial charge in [-0.05, 0) is 43.0 Å². The van der Waals surface area contributed by atoms with Crippen LogP contribution < -0.4 is 4.74 Å². The van der Waals surface area contributed by atoms with Gasteiger partial charge in [-0.25, -0.2) is 0 Å². The zero-order valence-corrected chi connectivity index (χ0v) is 11.0. The van der Waals surface area contributed by atoms with Gasteiger partial charge in [0.05, 0.1) is 6.61 Å². The van der Waals surface area contributed by atoms with Crippen molar-refractivity contribution in [3.8, 4) is 11.5 Å². The smallest absolute Gasteiger partial charge is 0.119 e. The lowest BCUT2D eigenvalue weighted by molar-refractivity contribution is 0.298. The molecule has 1 N–H and O–H groups in total. The first-order chi connectivity index (χ1) is 8.22. The van der Waals surface area contributed by atoms with Crippen molar-refractivity contribution in [2.24, 2.45) is 5.92 Å². The van der Waals surface area contributed by atoms with Gasteiger partial charge < -0.3 is 9.84 Å². The molecule has 0 aliphatic heterocycles. The molecule has 0 saturated carbocycles. The molecule has 96 valence electrons. The maximum atomic E-state index is 9.12. The first-order valence-electron chi connectivity index (χ1n) is 6.64. The highest BCUT2D eigenvalue weighted by molar-refractivity contribution is 5.29. The predicted octanol–water partition coefficient (Wildman–Crippen LogP) is 4.38. The molecule has 0 spiro atoms. The van der Waals surface area contributed by atoms with Crippen LogP contribution in [0, 0.1) is 5.92 Å². The molecule has 0 heterocycles. The first kappa shape index (κ1) is 13.9. The van der Waals surface area contributed by atoms with Gasteiger partial charge in [0.2, 0.25) is 0 Å². The Kier molecular flexibility index (Phi) is 6.53. The second-order valence-corrected chi connectivity index (χ2v) is 4.73. The maximum Gasteiger partial charge on any atom is 0.119 e. The van der Waals surface area contributed by atoms with Crippen molar-refractivity contribution in [1.29, 1.82) is 0 Å². The van der Waals surface area contributed by atoms with Gasteiger partial charge in [0.15, 0.2) is 0 Å². The molecule has 0 bridgehead atoms. The van der Waals surface area contributed by atoms with Crippen LogP contribution in [0.3, 0.4) is 0 Å². The lowest BCUT2D eigenvalue weighted by Gasteiger charge is -2.10. The SMILES string of the molecule is CCC[C@H](C)CCCCOc1ccc(O)cc1. The number of benzene rings is 1. The molecule has 2 heteroatoms. The summed E-state index contributed by atoms with van der Waals surface area (Å²) in [6, 6.07) is 6.90. The summed E-state index contributed by atoms with van der Waals surface area (Å²) in [5.74, 6) is 1.96. The summed E-state index contributed by atoms with van der Waals surface area (Å²) in [7, 11) is 0. The average Bonchev–Trinajstić information content (AvgIpc) is 2.31. The van der Waals surface area contributed by atoms with Crippen LogP contribution in [-0.4, -0.2) is 11.7 Å². The fourth-order valence-electron chi connectivity index (χ4n) is 1.96. The second-order valence-electron chi connectivity index (χ2n) is 4.73. The number of rotatable bonds is 8. The average molecular weight is 236 g/mol. The minimum absolute atomic E-state index is 0.283. The van der Waals surface area contributed by atoms with Gasteiger partial charge in [0.1, 0.15) is 11.5 Å². The quantitative estimate of drug-likeness (QED) is 0.679. The lowest BCUT2D eigenvalue weighted by Crippen LogP contribution is -1.99. The molecule has 0 aliphatic carbocycles. The zero-order valence-electron chi connectivity index (χ0n) is 11.0. The molecule has 0 aromatic heterocycles. The van der Waals surface area contributed by atoms with Crippen molar-refractivity contribution in [3.63, 3.8) is 0 Å². The van der Waals surface area contributed by atoms with E-state index in [1.165, 1.54) is 25.7 Å². The van der Waals surface area contributed by atoms with E-state index in [0.717, 1.165) is 24.7 Å². The van der Waals surface area contributed by atoms with Crippen molar-refractivity contribution in [2.45, 2.75) is 46.0 Å². The minimum Gasteiger partial charge on any atom is -0.508 e. The molecule has 0 saturated heterocycles. The van der Waals surface area contributed by atoms with Crippen LogP contribution in [0.1, 0.15) is 46.0 Å². The van der Waals surface area contributed by atoms with Crippen LogP contribution >= 0.6 is 0 Å². The Morgan fingerprint density at radius 2 is 1.82 bits per heavy atom. The van der Waals surface area contributed by atoms with Gasteiger partial charge in [-0.1, -0.05) is 33.1 Å². The van der Waals surface area contributed by atoms with E-state index in [1.807, 2.05) is 0 Å². The van der Waals surface area contributed by atoms with Crippen LogP contribution in [0.5, 0.6) is 11.5 Å². The number of aromatic hydroxyl groups is 1. The standard InChI is InChI=1S/C15H24O2/c1-3-6-13(2)7-4-5-12-17-15-10-8-14(16)9-11-15/h8-11,13,16H,3-7,12H2,1-2H3/t13-/m0/s1. The van der Waals surface area contributed by atoms with Crippen LogP contribution in [-0.2, 0) is 0 Å². The van der Waals surface area contributed by atoms with Gasteiger partial charge in [-0.3, -0.25) is 0 Å². The summed E-state index contributed by atoms with van der Waals surface area (Å²) < 4.78 is 5.59. The Bertz CT molecular complexity index is 292. The Balaban J connectivity index is 2.06. The van der Waals surface area contributed by atoms with Gasteiger partial charge in [-0.2, -0.15) is 0 Å². The molecule has 0 fully saturated rings. The number of phenols is 1. The van der Waals surface area contributed by atoms with E-state index in [4.69, 9.17) is 9.84 Å². The minimum atomic E-state index is 0.283. The van der Waals surface area contributed by atoms with Crippen LogP contribution in [0.15, 0.2) is 24.3 Å². The van der Waals surface area contributed by atoms with Crippen molar-refractivity contribution < 1.29 is 9.84 Å². The van der Waals surface area contributed by atoms with E-state index < -0.39 is 0 Å². The predicted molar refractivity (Wildman–Crippen MR) is 71.5 cm³/mol. The van der Waals surface area contributed by atoms with Gasteiger partial charge in [0, 0.05) is 0 Å². The molecule has 1 aromatic rings. The Morgan fingerprint density at radius 1 is 1.12 bits per heavy atom. The van der Waals surface area contributed by atoms with Crippen molar-refractivity contribution in [3.05, 3.63) is 24.3 Å². The Morgan fingerprint density at radius 3 is 2.47 bits per heavy atom. The molecule has 1 atom stereocenters.